The molecule has 19 heavy (non-hydrogen) atoms. The number of benzene rings is 1. The Labute approximate surface area is 117 Å². The molecule has 1 aliphatic rings. The van der Waals surface area contributed by atoms with Gasteiger partial charge >= 0.3 is 5.97 Å². The summed E-state index contributed by atoms with van der Waals surface area (Å²) in [6.07, 6.45) is 0.434. The molecule has 1 atom stereocenters. The van der Waals surface area contributed by atoms with Crippen LogP contribution in [-0.2, 0) is 14.3 Å². The highest BCUT2D eigenvalue weighted by atomic mass is 32.2. The molecule has 0 N–H and O–H groups in total. The number of carbonyl (C=O) groups is 2. The molecule has 4 nitrogen and oxygen atoms in total. The second-order valence-electron chi connectivity index (χ2n) is 4.26. The molecule has 1 aromatic carbocycles. The second-order valence-corrected chi connectivity index (χ2v) is 5.39. The summed E-state index contributed by atoms with van der Waals surface area (Å²) in [4.78, 5) is 26.7. The van der Waals surface area contributed by atoms with Gasteiger partial charge in [-0.15, -0.1) is 11.8 Å². The Bertz CT molecular complexity index is 489. The third kappa shape index (κ3) is 2.92. The minimum absolute atomic E-state index is 0.0296. The van der Waals surface area contributed by atoms with Crippen LogP contribution in [0.4, 0.5) is 5.69 Å². The van der Waals surface area contributed by atoms with E-state index in [9.17, 15) is 9.59 Å². The summed E-state index contributed by atoms with van der Waals surface area (Å²) in [5, 5.41) is 0. The second kappa shape index (κ2) is 6.10. The number of nitrogens with zero attached hydrogens (tertiary/aromatic N) is 1. The smallest absolute Gasteiger partial charge is 0.328 e. The van der Waals surface area contributed by atoms with Gasteiger partial charge in [0.25, 0.3) is 0 Å². The zero-order chi connectivity index (χ0) is 13.8. The van der Waals surface area contributed by atoms with E-state index in [1.54, 1.807) is 30.5 Å². The van der Waals surface area contributed by atoms with Crippen molar-refractivity contribution in [3.63, 3.8) is 0 Å². The minimum atomic E-state index is -0.590. The van der Waals surface area contributed by atoms with E-state index in [1.807, 2.05) is 24.3 Å². The van der Waals surface area contributed by atoms with Crippen LogP contribution >= 0.6 is 11.8 Å². The number of hydrogen-bond acceptors (Lipinski definition) is 4. The Balaban J connectivity index is 2.36. The summed E-state index contributed by atoms with van der Waals surface area (Å²) in [7, 11) is 0. The Morgan fingerprint density at radius 2 is 2.21 bits per heavy atom. The van der Waals surface area contributed by atoms with Crippen LogP contribution in [0.3, 0.4) is 0 Å². The van der Waals surface area contributed by atoms with Gasteiger partial charge in [0.05, 0.1) is 12.3 Å². The third-order valence-electron chi connectivity index (χ3n) is 2.98. The molecule has 0 fully saturated rings. The highest BCUT2D eigenvalue weighted by Gasteiger charge is 2.31. The highest BCUT2D eigenvalue weighted by molar-refractivity contribution is 7.99. The van der Waals surface area contributed by atoms with Gasteiger partial charge in [-0.2, -0.15) is 0 Å². The first-order valence-electron chi connectivity index (χ1n) is 6.35. The maximum absolute atomic E-state index is 12.2. The lowest BCUT2D eigenvalue weighted by molar-refractivity contribution is -0.145. The van der Waals surface area contributed by atoms with E-state index < -0.39 is 6.04 Å². The van der Waals surface area contributed by atoms with Crippen molar-refractivity contribution in [2.24, 2.45) is 0 Å². The molecule has 0 radical (unpaired) electrons. The highest BCUT2D eigenvalue weighted by Crippen LogP contribution is 2.35. The predicted octanol–water partition coefficient (Wildman–Crippen LogP) is 2.47. The fraction of sp³-hybridized carbons (Fsp3) is 0.429. The molecule has 0 saturated carbocycles. The standard InChI is InChI=1S/C14H17NO3S/c1-3-18-14(17)10(2)15-11-6-4-5-7-12(11)19-9-8-13(15)16/h4-7,10H,3,8-9H2,1-2H3. The van der Waals surface area contributed by atoms with Crippen molar-refractivity contribution < 1.29 is 14.3 Å². The normalized spacial score (nSPS) is 16.5. The molecule has 0 aliphatic carbocycles. The summed E-state index contributed by atoms with van der Waals surface area (Å²) in [6, 6.07) is 7.08. The third-order valence-corrected chi connectivity index (χ3v) is 4.05. The monoisotopic (exact) mass is 279 g/mol. The number of ether oxygens (including phenoxy) is 1. The fourth-order valence-corrected chi connectivity index (χ4v) is 3.06. The Hall–Kier alpha value is -1.49. The topological polar surface area (TPSA) is 46.6 Å². The summed E-state index contributed by atoms with van der Waals surface area (Å²) in [5.41, 5.74) is 0.801. The quantitative estimate of drug-likeness (QED) is 0.797. The first kappa shape index (κ1) is 13.9. The van der Waals surface area contributed by atoms with E-state index in [0.29, 0.717) is 13.0 Å². The number of hydrogen-bond donors (Lipinski definition) is 0. The van der Waals surface area contributed by atoms with Gasteiger partial charge in [0.15, 0.2) is 0 Å². The zero-order valence-electron chi connectivity index (χ0n) is 11.1. The molecule has 1 aliphatic heterocycles. The van der Waals surface area contributed by atoms with Gasteiger partial charge < -0.3 is 4.74 Å². The molecule has 0 spiro atoms. The number of fused-ring (bicyclic) bond motifs is 1. The minimum Gasteiger partial charge on any atom is -0.464 e. The molecule has 1 aromatic rings. The Morgan fingerprint density at radius 3 is 2.95 bits per heavy atom. The van der Waals surface area contributed by atoms with Gasteiger partial charge in [0.2, 0.25) is 5.91 Å². The van der Waals surface area contributed by atoms with Gasteiger partial charge in [0.1, 0.15) is 6.04 Å². The largest absolute Gasteiger partial charge is 0.464 e. The van der Waals surface area contributed by atoms with E-state index >= 15 is 0 Å². The summed E-state index contributed by atoms with van der Waals surface area (Å²) in [6.45, 7) is 3.79. The SMILES string of the molecule is CCOC(=O)C(C)N1C(=O)CCSc2ccccc21. The number of esters is 1. The molecular formula is C14H17NO3S. The molecular weight excluding hydrogens is 262 g/mol. The molecule has 1 unspecified atom stereocenters. The molecule has 1 heterocycles. The van der Waals surface area contributed by atoms with Gasteiger partial charge in [-0.1, -0.05) is 12.1 Å². The lowest BCUT2D eigenvalue weighted by atomic mass is 10.2. The van der Waals surface area contributed by atoms with Crippen molar-refractivity contribution in [3.05, 3.63) is 24.3 Å². The molecule has 0 aromatic heterocycles. The molecule has 1 amide bonds. The van der Waals surface area contributed by atoms with Crippen LogP contribution in [0.15, 0.2) is 29.2 Å². The van der Waals surface area contributed by atoms with Crippen LogP contribution in [0, 0.1) is 0 Å². The van der Waals surface area contributed by atoms with Gasteiger partial charge in [0, 0.05) is 17.1 Å². The van der Waals surface area contributed by atoms with Crippen molar-refractivity contribution >= 4 is 29.3 Å². The number of anilines is 1. The lowest BCUT2D eigenvalue weighted by Crippen LogP contribution is -2.44. The maximum atomic E-state index is 12.2. The van der Waals surface area contributed by atoms with E-state index in [1.165, 1.54) is 0 Å². The molecule has 2 rings (SSSR count). The van der Waals surface area contributed by atoms with Gasteiger partial charge in [-0.25, -0.2) is 4.79 Å². The van der Waals surface area contributed by atoms with E-state index in [0.717, 1.165) is 16.3 Å². The molecule has 0 saturated heterocycles. The van der Waals surface area contributed by atoms with E-state index in [2.05, 4.69) is 0 Å². The first-order valence-corrected chi connectivity index (χ1v) is 7.34. The van der Waals surface area contributed by atoms with Crippen LogP contribution in [-0.4, -0.2) is 30.3 Å². The number of amides is 1. The molecule has 5 heteroatoms. The van der Waals surface area contributed by atoms with Crippen molar-refractivity contribution in [2.75, 3.05) is 17.3 Å². The van der Waals surface area contributed by atoms with Crippen molar-refractivity contribution in [1.82, 2.24) is 0 Å². The first-order chi connectivity index (χ1) is 9.15. The lowest BCUT2D eigenvalue weighted by Gasteiger charge is -2.27. The van der Waals surface area contributed by atoms with Crippen LogP contribution < -0.4 is 4.90 Å². The van der Waals surface area contributed by atoms with Crippen molar-refractivity contribution in [1.29, 1.82) is 0 Å². The van der Waals surface area contributed by atoms with Gasteiger partial charge in [-0.3, -0.25) is 9.69 Å². The van der Waals surface area contributed by atoms with Crippen LogP contribution in [0.25, 0.3) is 0 Å². The van der Waals surface area contributed by atoms with Crippen molar-refractivity contribution in [2.45, 2.75) is 31.2 Å². The average molecular weight is 279 g/mol. The summed E-state index contributed by atoms with van der Waals surface area (Å²) in [5.74, 6) is 0.345. The zero-order valence-corrected chi connectivity index (χ0v) is 11.9. The van der Waals surface area contributed by atoms with Crippen LogP contribution in [0.5, 0.6) is 0 Å². The van der Waals surface area contributed by atoms with Crippen molar-refractivity contribution in [3.8, 4) is 0 Å². The fourth-order valence-electron chi connectivity index (χ4n) is 2.07. The van der Waals surface area contributed by atoms with Gasteiger partial charge in [-0.05, 0) is 26.0 Å². The average Bonchev–Trinajstić information content (AvgIpc) is 2.56. The number of para-hydroxylation sites is 1. The Kier molecular flexibility index (Phi) is 4.47. The summed E-state index contributed by atoms with van der Waals surface area (Å²) < 4.78 is 5.02. The molecule has 102 valence electrons. The number of rotatable bonds is 3. The summed E-state index contributed by atoms with van der Waals surface area (Å²) >= 11 is 1.64. The maximum Gasteiger partial charge on any atom is 0.328 e. The molecule has 0 bridgehead atoms. The number of thioether (sulfide) groups is 1. The predicted molar refractivity (Wildman–Crippen MR) is 75.4 cm³/mol. The Morgan fingerprint density at radius 1 is 1.47 bits per heavy atom. The van der Waals surface area contributed by atoms with Crippen LogP contribution in [0.2, 0.25) is 0 Å². The van der Waals surface area contributed by atoms with E-state index in [-0.39, 0.29) is 11.9 Å². The van der Waals surface area contributed by atoms with Crippen LogP contribution in [0.1, 0.15) is 20.3 Å². The van der Waals surface area contributed by atoms with E-state index in [4.69, 9.17) is 4.74 Å². The number of carbonyl (C=O) groups excluding carboxylic acids is 2.